The van der Waals surface area contributed by atoms with Crippen LogP contribution in [0.4, 0.5) is 4.79 Å². The van der Waals surface area contributed by atoms with Crippen LogP contribution in [0, 0.1) is 13.8 Å². The van der Waals surface area contributed by atoms with Crippen molar-refractivity contribution in [2.45, 2.75) is 26.7 Å². The smallest absolute Gasteiger partial charge is 0.314 e. The second kappa shape index (κ2) is 9.12. The molecule has 142 valence electrons. The molecule has 0 saturated carbocycles. The van der Waals surface area contributed by atoms with E-state index in [2.05, 4.69) is 27.8 Å². The van der Waals surface area contributed by atoms with Crippen LogP contribution in [0.25, 0.3) is 10.9 Å². The van der Waals surface area contributed by atoms with Crippen LogP contribution in [0.5, 0.6) is 5.75 Å². The highest BCUT2D eigenvalue weighted by molar-refractivity contribution is 5.83. The third-order valence-electron chi connectivity index (χ3n) is 4.62. The van der Waals surface area contributed by atoms with Crippen molar-refractivity contribution in [3.63, 3.8) is 0 Å². The maximum atomic E-state index is 11.9. The maximum absolute atomic E-state index is 11.9. The number of aromatic amines is 1. The van der Waals surface area contributed by atoms with Crippen LogP contribution >= 0.6 is 0 Å². The third kappa shape index (κ3) is 5.03. The molecule has 5 nitrogen and oxygen atoms in total. The van der Waals surface area contributed by atoms with Gasteiger partial charge in [-0.25, -0.2) is 4.79 Å². The summed E-state index contributed by atoms with van der Waals surface area (Å²) in [6, 6.07) is 14.2. The number of ether oxygens (including phenoxy) is 1. The summed E-state index contributed by atoms with van der Waals surface area (Å²) >= 11 is 0. The van der Waals surface area contributed by atoms with Gasteiger partial charge in [0.05, 0.1) is 6.61 Å². The molecule has 2 aromatic carbocycles. The Morgan fingerprint density at radius 1 is 1.00 bits per heavy atom. The number of carbonyl (C=O) groups is 1. The van der Waals surface area contributed by atoms with Crippen LogP contribution in [0.3, 0.4) is 0 Å². The van der Waals surface area contributed by atoms with Crippen LogP contribution in [-0.4, -0.2) is 30.7 Å². The molecular formula is C22H27N3O2. The van der Waals surface area contributed by atoms with E-state index in [4.69, 9.17) is 4.74 Å². The first-order valence-corrected chi connectivity index (χ1v) is 9.41. The van der Waals surface area contributed by atoms with Crippen LogP contribution < -0.4 is 15.4 Å². The molecule has 0 spiro atoms. The summed E-state index contributed by atoms with van der Waals surface area (Å²) in [5.74, 6) is 0.945. The van der Waals surface area contributed by atoms with E-state index in [0.717, 1.165) is 35.2 Å². The number of para-hydroxylation sites is 2. The van der Waals surface area contributed by atoms with Gasteiger partial charge >= 0.3 is 6.03 Å². The minimum absolute atomic E-state index is 0.137. The molecular weight excluding hydrogens is 338 g/mol. The van der Waals surface area contributed by atoms with Gasteiger partial charge in [0.15, 0.2) is 0 Å². The zero-order valence-electron chi connectivity index (χ0n) is 16.0. The van der Waals surface area contributed by atoms with Gasteiger partial charge < -0.3 is 20.4 Å². The SMILES string of the molecule is Cc1cccc(C)c1OCCCNC(=O)NCCc1c[nH]c2ccccc12. The summed E-state index contributed by atoms with van der Waals surface area (Å²) in [5, 5.41) is 7.00. The molecule has 5 heteroatoms. The lowest BCUT2D eigenvalue weighted by Crippen LogP contribution is -2.37. The van der Waals surface area contributed by atoms with Crippen molar-refractivity contribution in [2.24, 2.45) is 0 Å². The molecule has 0 atom stereocenters. The van der Waals surface area contributed by atoms with Gasteiger partial charge in [0, 0.05) is 30.2 Å². The normalized spacial score (nSPS) is 10.7. The Bertz CT molecular complexity index is 881. The Morgan fingerprint density at radius 2 is 1.74 bits per heavy atom. The minimum atomic E-state index is -0.137. The first-order valence-electron chi connectivity index (χ1n) is 9.41. The largest absolute Gasteiger partial charge is 0.493 e. The summed E-state index contributed by atoms with van der Waals surface area (Å²) in [4.78, 5) is 15.2. The van der Waals surface area contributed by atoms with Crippen molar-refractivity contribution in [1.82, 2.24) is 15.6 Å². The van der Waals surface area contributed by atoms with E-state index in [1.807, 2.05) is 50.4 Å². The fourth-order valence-electron chi connectivity index (χ4n) is 3.19. The van der Waals surface area contributed by atoms with Crippen molar-refractivity contribution in [3.8, 4) is 5.75 Å². The molecule has 3 rings (SSSR count). The van der Waals surface area contributed by atoms with Crippen LogP contribution in [0.1, 0.15) is 23.1 Å². The molecule has 0 bridgehead atoms. The van der Waals surface area contributed by atoms with Gasteiger partial charge in [-0.05, 0) is 49.4 Å². The van der Waals surface area contributed by atoms with Gasteiger partial charge in [-0.1, -0.05) is 36.4 Å². The number of fused-ring (bicyclic) bond motifs is 1. The summed E-state index contributed by atoms with van der Waals surface area (Å²) in [7, 11) is 0. The van der Waals surface area contributed by atoms with Crippen molar-refractivity contribution >= 4 is 16.9 Å². The Hall–Kier alpha value is -2.95. The summed E-state index contributed by atoms with van der Waals surface area (Å²) in [5.41, 5.74) is 4.62. The highest BCUT2D eigenvalue weighted by Gasteiger charge is 2.05. The zero-order valence-corrected chi connectivity index (χ0v) is 16.0. The molecule has 3 aromatic rings. The predicted octanol–water partition coefficient (Wildman–Crippen LogP) is 4.10. The average Bonchev–Trinajstić information content (AvgIpc) is 3.07. The van der Waals surface area contributed by atoms with E-state index in [-0.39, 0.29) is 6.03 Å². The topological polar surface area (TPSA) is 66.2 Å². The Balaban J connectivity index is 1.32. The number of hydrogen-bond donors (Lipinski definition) is 3. The lowest BCUT2D eigenvalue weighted by atomic mass is 10.1. The summed E-state index contributed by atoms with van der Waals surface area (Å²) in [6.45, 7) is 5.86. The number of hydrogen-bond acceptors (Lipinski definition) is 2. The second-order valence-electron chi connectivity index (χ2n) is 6.72. The van der Waals surface area contributed by atoms with Gasteiger partial charge in [0.1, 0.15) is 5.75 Å². The molecule has 0 aliphatic carbocycles. The molecule has 1 heterocycles. The van der Waals surface area contributed by atoms with Crippen molar-refractivity contribution in [3.05, 3.63) is 65.4 Å². The van der Waals surface area contributed by atoms with Crippen LogP contribution in [0.15, 0.2) is 48.7 Å². The number of urea groups is 1. The van der Waals surface area contributed by atoms with E-state index in [1.54, 1.807) is 0 Å². The molecule has 0 saturated heterocycles. The number of rotatable bonds is 8. The number of benzene rings is 2. The quantitative estimate of drug-likeness (QED) is 0.526. The molecule has 27 heavy (non-hydrogen) atoms. The second-order valence-corrected chi connectivity index (χ2v) is 6.72. The van der Waals surface area contributed by atoms with Gasteiger partial charge in [-0.15, -0.1) is 0 Å². The molecule has 0 unspecified atom stereocenters. The molecule has 0 fully saturated rings. The lowest BCUT2D eigenvalue weighted by molar-refractivity contribution is 0.239. The average molecular weight is 365 g/mol. The van der Waals surface area contributed by atoms with Crippen LogP contribution in [0.2, 0.25) is 0 Å². The standard InChI is InChI=1S/C22H27N3O2/c1-16-7-5-8-17(2)21(16)27-14-6-12-23-22(26)24-13-11-18-15-25-20-10-4-3-9-19(18)20/h3-5,7-10,15,25H,6,11-14H2,1-2H3,(H2,23,24,26). The maximum Gasteiger partial charge on any atom is 0.314 e. The summed E-state index contributed by atoms with van der Waals surface area (Å²) in [6.07, 6.45) is 3.58. The Kier molecular flexibility index (Phi) is 6.36. The molecule has 2 amide bonds. The Morgan fingerprint density at radius 3 is 2.56 bits per heavy atom. The van der Waals surface area contributed by atoms with E-state index >= 15 is 0 Å². The molecule has 0 aliphatic heterocycles. The first kappa shape index (κ1) is 18.8. The van der Waals surface area contributed by atoms with Gasteiger partial charge in [-0.3, -0.25) is 0 Å². The first-order chi connectivity index (χ1) is 13.1. The minimum Gasteiger partial charge on any atom is -0.493 e. The van der Waals surface area contributed by atoms with Gasteiger partial charge in [-0.2, -0.15) is 0 Å². The Labute approximate surface area is 160 Å². The number of aryl methyl sites for hydroxylation is 2. The summed E-state index contributed by atoms with van der Waals surface area (Å²) < 4.78 is 5.85. The monoisotopic (exact) mass is 365 g/mol. The van der Waals surface area contributed by atoms with Crippen molar-refractivity contribution < 1.29 is 9.53 Å². The highest BCUT2D eigenvalue weighted by atomic mass is 16.5. The van der Waals surface area contributed by atoms with Crippen LogP contribution in [-0.2, 0) is 6.42 Å². The highest BCUT2D eigenvalue weighted by Crippen LogP contribution is 2.22. The fourth-order valence-corrected chi connectivity index (χ4v) is 3.19. The molecule has 3 N–H and O–H groups in total. The number of H-pyrrole nitrogens is 1. The van der Waals surface area contributed by atoms with E-state index < -0.39 is 0 Å². The van der Waals surface area contributed by atoms with Gasteiger partial charge in [0.25, 0.3) is 0 Å². The third-order valence-corrected chi connectivity index (χ3v) is 4.62. The lowest BCUT2D eigenvalue weighted by Gasteiger charge is -2.12. The molecule has 0 aliphatic rings. The zero-order chi connectivity index (χ0) is 19.1. The number of amides is 2. The van der Waals surface area contributed by atoms with E-state index in [9.17, 15) is 4.79 Å². The number of nitrogens with one attached hydrogen (secondary N) is 3. The fraction of sp³-hybridized carbons (Fsp3) is 0.318. The van der Waals surface area contributed by atoms with Crippen molar-refractivity contribution in [1.29, 1.82) is 0 Å². The van der Waals surface area contributed by atoms with E-state index in [0.29, 0.717) is 19.7 Å². The van der Waals surface area contributed by atoms with Crippen molar-refractivity contribution in [2.75, 3.05) is 19.7 Å². The number of carbonyl (C=O) groups excluding carboxylic acids is 1. The predicted molar refractivity (Wildman–Crippen MR) is 109 cm³/mol. The molecule has 1 aromatic heterocycles. The number of aromatic nitrogens is 1. The molecule has 0 radical (unpaired) electrons. The van der Waals surface area contributed by atoms with Gasteiger partial charge in [0.2, 0.25) is 0 Å². The van der Waals surface area contributed by atoms with E-state index in [1.165, 1.54) is 10.9 Å².